The molecule has 2 atom stereocenters. The normalized spacial score (nSPS) is 24.1. The lowest BCUT2D eigenvalue weighted by atomic mass is 9.73. The molecule has 0 radical (unpaired) electrons. The van der Waals surface area contributed by atoms with Crippen molar-refractivity contribution in [2.75, 3.05) is 24.6 Å². The van der Waals surface area contributed by atoms with E-state index in [1.807, 2.05) is 17.7 Å². The van der Waals surface area contributed by atoms with Gasteiger partial charge in [0, 0.05) is 37.5 Å². The third kappa shape index (κ3) is 3.36. The molecule has 4 heterocycles. The zero-order chi connectivity index (χ0) is 21.0. The molecular weight excluding hydrogens is 389 g/mol. The molecule has 0 saturated carbocycles. The van der Waals surface area contributed by atoms with Crippen LogP contribution in [0.5, 0.6) is 0 Å². The van der Waals surface area contributed by atoms with Crippen LogP contribution >= 0.6 is 0 Å². The number of anilines is 1. The van der Waals surface area contributed by atoms with Crippen LogP contribution in [-0.4, -0.2) is 57.8 Å². The number of rotatable bonds is 1. The zero-order valence-electron chi connectivity index (χ0n) is 16.0. The number of nitrogens with zero attached hydrogens (tertiary/aromatic N) is 4. The van der Waals surface area contributed by atoms with Gasteiger partial charge in [-0.1, -0.05) is 0 Å². The average molecular weight is 410 g/mol. The maximum atomic E-state index is 12.8. The summed E-state index contributed by atoms with van der Waals surface area (Å²) in [7, 11) is 1.54. The lowest BCUT2D eigenvalue weighted by Gasteiger charge is -2.41. The van der Waals surface area contributed by atoms with Crippen molar-refractivity contribution < 1.29 is 17.9 Å². The number of hydrogen-bond acceptors (Lipinski definition) is 6. The Morgan fingerprint density at radius 2 is 2.03 bits per heavy atom. The summed E-state index contributed by atoms with van der Waals surface area (Å²) in [5.74, 6) is 3.49. The monoisotopic (exact) mass is 410 g/mol. The largest absolute Gasteiger partial charge is 0.458 e. The summed E-state index contributed by atoms with van der Waals surface area (Å²) in [4.78, 5) is 19.2. The minimum absolute atomic E-state index is 0.0145. The molecule has 11 heteroatoms. The fourth-order valence-corrected chi connectivity index (χ4v) is 4.18. The molecule has 156 valence electrons. The van der Waals surface area contributed by atoms with Gasteiger partial charge in [0.15, 0.2) is 5.65 Å². The van der Waals surface area contributed by atoms with E-state index in [-0.39, 0.29) is 34.3 Å². The highest BCUT2D eigenvalue weighted by Gasteiger charge is 2.47. The van der Waals surface area contributed by atoms with Gasteiger partial charge in [-0.2, -0.15) is 23.3 Å². The number of halogens is 3. The number of aromatic nitrogens is 4. The SMILES string of the molecule is C[C@@H]1OCC2(CCN(c3nc4n[nH]c(C#CC(F)(F)F)c4c(=O)n3C)CC2)[C@@H]1N. The van der Waals surface area contributed by atoms with Gasteiger partial charge in [0.2, 0.25) is 5.95 Å². The zero-order valence-corrected chi connectivity index (χ0v) is 16.0. The van der Waals surface area contributed by atoms with E-state index in [1.54, 1.807) is 0 Å². The van der Waals surface area contributed by atoms with E-state index >= 15 is 0 Å². The van der Waals surface area contributed by atoms with E-state index in [4.69, 9.17) is 10.5 Å². The van der Waals surface area contributed by atoms with Gasteiger partial charge in [0.05, 0.1) is 12.7 Å². The summed E-state index contributed by atoms with van der Waals surface area (Å²) < 4.78 is 44.2. The Morgan fingerprint density at radius 1 is 1.34 bits per heavy atom. The minimum Gasteiger partial charge on any atom is -0.376 e. The Kier molecular flexibility index (Phi) is 4.59. The molecule has 8 nitrogen and oxygen atoms in total. The molecule has 4 rings (SSSR count). The molecule has 0 aromatic carbocycles. The predicted octanol–water partition coefficient (Wildman–Crippen LogP) is 0.903. The van der Waals surface area contributed by atoms with Crippen molar-refractivity contribution in [1.29, 1.82) is 0 Å². The minimum atomic E-state index is -4.66. The number of fused-ring (bicyclic) bond motifs is 1. The van der Waals surface area contributed by atoms with Crippen LogP contribution in [0.25, 0.3) is 11.0 Å². The molecule has 0 amide bonds. The van der Waals surface area contributed by atoms with Crippen LogP contribution in [0, 0.1) is 17.3 Å². The Bertz CT molecular complexity index is 1060. The van der Waals surface area contributed by atoms with Crippen molar-refractivity contribution in [1.82, 2.24) is 19.7 Å². The van der Waals surface area contributed by atoms with Crippen molar-refractivity contribution in [3.05, 3.63) is 16.0 Å². The molecular formula is C18H21F3N6O2. The smallest absolute Gasteiger partial charge is 0.376 e. The average Bonchev–Trinajstić information content (AvgIpc) is 3.20. The highest BCUT2D eigenvalue weighted by atomic mass is 19.4. The second kappa shape index (κ2) is 6.74. The van der Waals surface area contributed by atoms with Crippen molar-refractivity contribution in [3.63, 3.8) is 0 Å². The highest BCUT2D eigenvalue weighted by molar-refractivity contribution is 5.81. The number of alkyl halides is 3. The van der Waals surface area contributed by atoms with Crippen LogP contribution in [0.4, 0.5) is 19.1 Å². The van der Waals surface area contributed by atoms with Gasteiger partial charge in [-0.15, -0.1) is 0 Å². The third-order valence-electron chi connectivity index (χ3n) is 5.99. The molecule has 0 unspecified atom stereocenters. The standard InChI is InChI=1S/C18H21F3N6O2/c1-10-13(22)17(9-29-10)5-7-27(8-6-17)16-23-14-12(15(28)26(16)2)11(24-25-14)3-4-18(19,20)21/h10,13H,5-9,22H2,1-2H3,(H,24,25)/t10-,13+/m0/s1. The lowest BCUT2D eigenvalue weighted by Crippen LogP contribution is -2.51. The number of hydrogen-bond donors (Lipinski definition) is 2. The number of H-pyrrole nitrogens is 1. The van der Waals surface area contributed by atoms with Gasteiger partial charge in [0.25, 0.3) is 5.56 Å². The third-order valence-corrected chi connectivity index (χ3v) is 5.99. The molecule has 2 aromatic heterocycles. The molecule has 2 aliphatic heterocycles. The van der Waals surface area contributed by atoms with Crippen molar-refractivity contribution in [2.24, 2.45) is 18.2 Å². The maximum Gasteiger partial charge on any atom is 0.458 e. The van der Waals surface area contributed by atoms with Gasteiger partial charge >= 0.3 is 6.18 Å². The second-order valence-electron chi connectivity index (χ2n) is 7.71. The summed E-state index contributed by atoms with van der Waals surface area (Å²) in [5, 5.41) is 6.21. The number of piperidine rings is 1. The Hall–Kier alpha value is -2.58. The molecule has 0 aliphatic carbocycles. The van der Waals surface area contributed by atoms with Crippen molar-refractivity contribution >= 4 is 17.0 Å². The van der Waals surface area contributed by atoms with Crippen LogP contribution in [0.2, 0.25) is 0 Å². The molecule has 1 spiro atoms. The Labute approximate surface area is 164 Å². The van der Waals surface area contributed by atoms with E-state index in [9.17, 15) is 18.0 Å². The molecule has 29 heavy (non-hydrogen) atoms. The topological polar surface area (TPSA) is 102 Å². The highest BCUT2D eigenvalue weighted by Crippen LogP contribution is 2.41. The summed E-state index contributed by atoms with van der Waals surface area (Å²) in [6.45, 7) is 3.87. The quantitative estimate of drug-likeness (QED) is 0.678. The summed E-state index contributed by atoms with van der Waals surface area (Å²) in [6.07, 6.45) is -3.05. The Balaban J connectivity index is 1.64. The number of aromatic amines is 1. The van der Waals surface area contributed by atoms with Gasteiger partial charge in [0.1, 0.15) is 11.1 Å². The summed E-state index contributed by atoms with van der Waals surface area (Å²) in [6, 6.07) is -0.0370. The van der Waals surface area contributed by atoms with Gasteiger partial charge in [-0.05, 0) is 25.7 Å². The maximum absolute atomic E-state index is 12.8. The first-order chi connectivity index (χ1) is 13.6. The van der Waals surface area contributed by atoms with Crippen LogP contribution in [0.3, 0.4) is 0 Å². The van der Waals surface area contributed by atoms with E-state index < -0.39 is 11.7 Å². The molecule has 0 bridgehead atoms. The lowest BCUT2D eigenvalue weighted by molar-refractivity contribution is -0.0696. The molecule has 2 aromatic rings. The predicted molar refractivity (Wildman–Crippen MR) is 99.3 cm³/mol. The van der Waals surface area contributed by atoms with Crippen molar-refractivity contribution in [2.45, 2.75) is 38.1 Å². The number of ether oxygens (including phenoxy) is 1. The fraction of sp³-hybridized carbons (Fsp3) is 0.611. The fourth-order valence-electron chi connectivity index (χ4n) is 4.18. The Morgan fingerprint density at radius 3 is 2.62 bits per heavy atom. The van der Waals surface area contributed by atoms with Gasteiger partial charge in [-0.3, -0.25) is 14.5 Å². The number of nitrogens with two attached hydrogens (primary N) is 1. The van der Waals surface area contributed by atoms with Crippen LogP contribution in [-0.2, 0) is 11.8 Å². The van der Waals surface area contributed by atoms with E-state index in [1.165, 1.54) is 11.6 Å². The van der Waals surface area contributed by atoms with Crippen LogP contribution in [0.15, 0.2) is 4.79 Å². The van der Waals surface area contributed by atoms with Crippen molar-refractivity contribution in [3.8, 4) is 11.8 Å². The van der Waals surface area contributed by atoms with E-state index in [0.29, 0.717) is 25.6 Å². The van der Waals surface area contributed by atoms with Crippen LogP contribution < -0.4 is 16.2 Å². The van der Waals surface area contributed by atoms with E-state index in [0.717, 1.165) is 18.8 Å². The van der Waals surface area contributed by atoms with E-state index in [2.05, 4.69) is 15.2 Å². The number of nitrogens with one attached hydrogen (secondary N) is 1. The molecule has 2 fully saturated rings. The first kappa shape index (κ1) is 19.7. The first-order valence-corrected chi connectivity index (χ1v) is 9.28. The van der Waals surface area contributed by atoms with Crippen LogP contribution in [0.1, 0.15) is 25.5 Å². The van der Waals surface area contributed by atoms with Gasteiger partial charge < -0.3 is 15.4 Å². The first-order valence-electron chi connectivity index (χ1n) is 9.28. The summed E-state index contributed by atoms with van der Waals surface area (Å²) >= 11 is 0. The van der Waals surface area contributed by atoms with Gasteiger partial charge in [-0.25, -0.2) is 0 Å². The summed E-state index contributed by atoms with van der Waals surface area (Å²) in [5.41, 5.74) is 5.61. The second-order valence-corrected chi connectivity index (χ2v) is 7.71. The molecule has 2 aliphatic rings. The molecule has 3 N–H and O–H groups in total. The molecule has 2 saturated heterocycles.